The van der Waals surface area contributed by atoms with Gasteiger partial charge in [-0.2, -0.15) is 0 Å². The molecule has 1 aromatic rings. The summed E-state index contributed by atoms with van der Waals surface area (Å²) in [5.74, 6) is -0.729. The van der Waals surface area contributed by atoms with E-state index in [1.54, 1.807) is 13.0 Å². The SMILES string of the molecule is Cc1cc(F)cc(C(=O)N[C@H]2CCCC[C@@H]2O)c1. The lowest BCUT2D eigenvalue weighted by atomic mass is 9.92. The number of aliphatic hydroxyl groups is 1. The molecule has 0 saturated heterocycles. The third-order valence-corrected chi connectivity index (χ3v) is 3.35. The van der Waals surface area contributed by atoms with Crippen molar-refractivity contribution >= 4 is 5.91 Å². The zero-order chi connectivity index (χ0) is 13.1. The third-order valence-electron chi connectivity index (χ3n) is 3.35. The molecule has 1 saturated carbocycles. The first-order valence-electron chi connectivity index (χ1n) is 6.32. The van der Waals surface area contributed by atoms with Crippen molar-refractivity contribution in [2.75, 3.05) is 0 Å². The quantitative estimate of drug-likeness (QED) is 0.846. The maximum absolute atomic E-state index is 13.2. The molecule has 0 spiro atoms. The zero-order valence-electron chi connectivity index (χ0n) is 10.4. The van der Waals surface area contributed by atoms with E-state index in [9.17, 15) is 14.3 Å². The summed E-state index contributed by atoms with van der Waals surface area (Å²) >= 11 is 0. The third kappa shape index (κ3) is 3.07. The Bertz CT molecular complexity index is 427. The molecule has 1 fully saturated rings. The molecule has 1 amide bonds. The second-order valence-electron chi connectivity index (χ2n) is 4.95. The first-order valence-corrected chi connectivity index (χ1v) is 6.32. The second-order valence-corrected chi connectivity index (χ2v) is 4.95. The lowest BCUT2D eigenvalue weighted by Crippen LogP contribution is -2.45. The first-order chi connectivity index (χ1) is 8.56. The number of aliphatic hydroxyl groups excluding tert-OH is 1. The molecule has 1 aromatic carbocycles. The predicted molar refractivity (Wildman–Crippen MR) is 66.9 cm³/mol. The molecule has 18 heavy (non-hydrogen) atoms. The highest BCUT2D eigenvalue weighted by Gasteiger charge is 2.24. The predicted octanol–water partition coefficient (Wildman–Crippen LogP) is 2.17. The van der Waals surface area contributed by atoms with E-state index >= 15 is 0 Å². The Hall–Kier alpha value is -1.42. The minimum atomic E-state index is -0.489. The van der Waals surface area contributed by atoms with Crippen molar-refractivity contribution in [3.05, 3.63) is 35.1 Å². The van der Waals surface area contributed by atoms with Gasteiger partial charge in [0.1, 0.15) is 5.82 Å². The van der Waals surface area contributed by atoms with E-state index in [1.165, 1.54) is 12.1 Å². The summed E-state index contributed by atoms with van der Waals surface area (Å²) < 4.78 is 13.2. The van der Waals surface area contributed by atoms with E-state index in [4.69, 9.17) is 0 Å². The summed E-state index contributed by atoms with van der Waals surface area (Å²) in [5, 5.41) is 12.6. The minimum absolute atomic E-state index is 0.213. The highest BCUT2D eigenvalue weighted by molar-refractivity contribution is 5.94. The van der Waals surface area contributed by atoms with Crippen molar-refractivity contribution in [3.63, 3.8) is 0 Å². The second kappa shape index (κ2) is 5.48. The molecule has 1 aliphatic carbocycles. The normalized spacial score (nSPS) is 23.7. The number of hydrogen-bond donors (Lipinski definition) is 2. The fourth-order valence-electron chi connectivity index (χ4n) is 2.40. The summed E-state index contributed by atoms with van der Waals surface area (Å²) in [7, 11) is 0. The Labute approximate surface area is 106 Å². The van der Waals surface area contributed by atoms with E-state index in [2.05, 4.69) is 5.32 Å². The molecule has 2 N–H and O–H groups in total. The van der Waals surface area contributed by atoms with Gasteiger partial charge in [0.25, 0.3) is 5.91 Å². The van der Waals surface area contributed by atoms with Crippen LogP contribution in [-0.4, -0.2) is 23.2 Å². The number of halogens is 1. The fraction of sp³-hybridized carbons (Fsp3) is 0.500. The molecule has 98 valence electrons. The van der Waals surface area contributed by atoms with Crippen LogP contribution in [0.15, 0.2) is 18.2 Å². The maximum Gasteiger partial charge on any atom is 0.251 e. The number of hydrogen-bond acceptors (Lipinski definition) is 2. The van der Waals surface area contributed by atoms with Gasteiger partial charge in [-0.25, -0.2) is 4.39 Å². The van der Waals surface area contributed by atoms with Crippen LogP contribution >= 0.6 is 0 Å². The van der Waals surface area contributed by atoms with Gasteiger partial charge in [-0.15, -0.1) is 0 Å². The number of nitrogens with one attached hydrogen (secondary N) is 1. The van der Waals surface area contributed by atoms with Crippen LogP contribution in [-0.2, 0) is 0 Å². The molecule has 1 aliphatic rings. The van der Waals surface area contributed by atoms with Gasteiger partial charge < -0.3 is 10.4 Å². The molecule has 0 bridgehead atoms. The van der Waals surface area contributed by atoms with E-state index < -0.39 is 11.9 Å². The van der Waals surface area contributed by atoms with Crippen LogP contribution in [0.2, 0.25) is 0 Å². The molecule has 2 rings (SSSR count). The topological polar surface area (TPSA) is 49.3 Å². The van der Waals surface area contributed by atoms with Crippen LogP contribution in [0.25, 0.3) is 0 Å². The van der Waals surface area contributed by atoms with Crippen LogP contribution in [0.3, 0.4) is 0 Å². The van der Waals surface area contributed by atoms with E-state index in [0.29, 0.717) is 17.5 Å². The van der Waals surface area contributed by atoms with Crippen LogP contribution in [0.1, 0.15) is 41.6 Å². The van der Waals surface area contributed by atoms with E-state index in [-0.39, 0.29) is 11.9 Å². The average molecular weight is 251 g/mol. The molecular weight excluding hydrogens is 233 g/mol. The van der Waals surface area contributed by atoms with Gasteiger partial charge in [0, 0.05) is 5.56 Å². The summed E-state index contributed by atoms with van der Waals surface area (Å²) in [5.41, 5.74) is 1.02. The number of amides is 1. The number of benzene rings is 1. The summed E-state index contributed by atoms with van der Waals surface area (Å²) in [6.45, 7) is 1.75. The smallest absolute Gasteiger partial charge is 0.251 e. The standard InChI is InChI=1S/C14H18FNO2/c1-9-6-10(8-11(15)7-9)14(18)16-12-4-2-3-5-13(12)17/h6-8,12-13,17H,2-5H2,1H3,(H,16,18)/t12-,13-/m0/s1. The molecule has 0 heterocycles. The molecule has 2 atom stereocenters. The number of rotatable bonds is 2. The fourth-order valence-corrected chi connectivity index (χ4v) is 2.40. The zero-order valence-corrected chi connectivity index (χ0v) is 10.4. The Kier molecular flexibility index (Phi) is 3.97. The highest BCUT2D eigenvalue weighted by atomic mass is 19.1. The molecule has 0 unspecified atom stereocenters. The van der Waals surface area contributed by atoms with Crippen molar-refractivity contribution < 1.29 is 14.3 Å². The van der Waals surface area contributed by atoms with Gasteiger partial charge in [0.2, 0.25) is 0 Å². The summed E-state index contributed by atoms with van der Waals surface area (Å²) in [4.78, 5) is 12.0. The van der Waals surface area contributed by atoms with E-state index in [1.807, 2.05) is 0 Å². The molecule has 0 radical (unpaired) electrons. The summed E-state index contributed by atoms with van der Waals surface area (Å²) in [6, 6.07) is 4.03. The van der Waals surface area contributed by atoms with Crippen LogP contribution < -0.4 is 5.32 Å². The number of carbonyl (C=O) groups is 1. The van der Waals surface area contributed by atoms with Gasteiger partial charge in [0.15, 0.2) is 0 Å². The van der Waals surface area contributed by atoms with Crippen LogP contribution in [0, 0.1) is 12.7 Å². The van der Waals surface area contributed by atoms with Gasteiger partial charge >= 0.3 is 0 Å². The van der Waals surface area contributed by atoms with Crippen molar-refractivity contribution in [1.82, 2.24) is 5.32 Å². The first kappa shape index (κ1) is 13.0. The van der Waals surface area contributed by atoms with Crippen molar-refractivity contribution in [2.24, 2.45) is 0 Å². The Morgan fingerprint density at radius 1 is 1.33 bits per heavy atom. The van der Waals surface area contributed by atoms with E-state index in [0.717, 1.165) is 19.3 Å². The summed E-state index contributed by atoms with van der Waals surface area (Å²) in [6.07, 6.45) is 3.00. The molecule has 3 nitrogen and oxygen atoms in total. The van der Waals surface area contributed by atoms with Gasteiger partial charge in [-0.05, 0) is 43.5 Å². The number of carbonyl (C=O) groups excluding carboxylic acids is 1. The van der Waals surface area contributed by atoms with Crippen LogP contribution in [0.4, 0.5) is 4.39 Å². The lowest BCUT2D eigenvalue weighted by Gasteiger charge is -2.28. The van der Waals surface area contributed by atoms with Gasteiger partial charge in [-0.3, -0.25) is 4.79 Å². The van der Waals surface area contributed by atoms with Gasteiger partial charge in [0.05, 0.1) is 12.1 Å². The Balaban J connectivity index is 2.06. The van der Waals surface area contributed by atoms with Crippen LogP contribution in [0.5, 0.6) is 0 Å². The maximum atomic E-state index is 13.2. The van der Waals surface area contributed by atoms with Crippen molar-refractivity contribution in [3.8, 4) is 0 Å². The lowest BCUT2D eigenvalue weighted by molar-refractivity contribution is 0.0717. The average Bonchev–Trinajstić information content (AvgIpc) is 2.31. The monoisotopic (exact) mass is 251 g/mol. The number of aryl methyl sites for hydroxylation is 1. The molecular formula is C14H18FNO2. The molecule has 0 aliphatic heterocycles. The Morgan fingerprint density at radius 3 is 2.72 bits per heavy atom. The van der Waals surface area contributed by atoms with Crippen molar-refractivity contribution in [2.45, 2.75) is 44.8 Å². The molecule has 4 heteroatoms. The van der Waals surface area contributed by atoms with Crippen molar-refractivity contribution in [1.29, 1.82) is 0 Å². The largest absolute Gasteiger partial charge is 0.391 e. The minimum Gasteiger partial charge on any atom is -0.391 e. The highest BCUT2D eigenvalue weighted by Crippen LogP contribution is 2.19. The van der Waals surface area contributed by atoms with Gasteiger partial charge in [-0.1, -0.05) is 12.8 Å². The molecule has 0 aromatic heterocycles. The Morgan fingerprint density at radius 2 is 2.06 bits per heavy atom.